The van der Waals surface area contributed by atoms with Crippen LogP contribution in [-0.4, -0.2) is 54.8 Å². The topological polar surface area (TPSA) is 48.8 Å². The Morgan fingerprint density at radius 3 is 2.50 bits per heavy atom. The highest BCUT2D eigenvalue weighted by Gasteiger charge is 2.23. The van der Waals surface area contributed by atoms with E-state index in [9.17, 15) is 5.11 Å². The molecule has 1 unspecified atom stereocenters. The molecule has 1 fully saturated rings. The number of aryl methyl sites for hydroxylation is 1. The van der Waals surface area contributed by atoms with Gasteiger partial charge in [-0.2, -0.15) is 0 Å². The number of pyridine rings is 1. The number of fused-ring (bicyclic) bond motifs is 1. The van der Waals surface area contributed by atoms with Gasteiger partial charge in [0.25, 0.3) is 0 Å². The number of aliphatic hydroxyl groups is 1. The third-order valence-corrected chi connectivity index (χ3v) is 5.54. The molecule has 28 heavy (non-hydrogen) atoms. The summed E-state index contributed by atoms with van der Waals surface area (Å²) in [5, 5.41) is 11.7. The first-order valence-electron chi connectivity index (χ1n) is 9.80. The summed E-state index contributed by atoms with van der Waals surface area (Å²) in [6.45, 7) is 6.50. The molecule has 2 heterocycles. The highest BCUT2D eigenvalue weighted by atomic mass is 16.5. The number of β-amino-alcohol motifs (C(OH)–C–C–N with tert-alkyl or cyclic N) is 1. The molecule has 1 N–H and O–H groups in total. The molecular weight excluding hydrogens is 350 g/mol. The molecule has 1 saturated heterocycles. The molecule has 1 aromatic heterocycles. The Bertz CT molecular complexity index is 937. The molecular formula is C23H27N3O2. The van der Waals surface area contributed by atoms with Crippen LogP contribution in [0.3, 0.4) is 0 Å². The normalized spacial score (nSPS) is 16.3. The lowest BCUT2D eigenvalue weighted by Crippen LogP contribution is -2.47. The Labute approximate surface area is 166 Å². The predicted octanol–water partition coefficient (Wildman–Crippen LogP) is 3.41. The van der Waals surface area contributed by atoms with Crippen molar-refractivity contribution < 1.29 is 9.84 Å². The van der Waals surface area contributed by atoms with Crippen LogP contribution >= 0.6 is 0 Å². The second kappa shape index (κ2) is 8.17. The monoisotopic (exact) mass is 377 g/mol. The number of benzene rings is 2. The summed E-state index contributed by atoms with van der Waals surface area (Å²) in [6.07, 6.45) is 1.49. The molecule has 1 aliphatic rings. The summed E-state index contributed by atoms with van der Waals surface area (Å²) < 4.78 is 5.50. The molecule has 0 saturated carbocycles. The first kappa shape index (κ1) is 18.7. The van der Waals surface area contributed by atoms with Crippen LogP contribution in [0.5, 0.6) is 5.75 Å². The smallest absolute Gasteiger partial charge is 0.145 e. The minimum absolute atomic E-state index is 0.444. The molecule has 5 heteroatoms. The van der Waals surface area contributed by atoms with Crippen LogP contribution < -0.4 is 9.64 Å². The Morgan fingerprint density at radius 2 is 1.79 bits per heavy atom. The van der Waals surface area contributed by atoms with Crippen molar-refractivity contribution in [2.75, 3.05) is 44.7 Å². The minimum Gasteiger partial charge on any atom is -0.494 e. The van der Waals surface area contributed by atoms with Crippen LogP contribution in [0, 0.1) is 6.92 Å². The van der Waals surface area contributed by atoms with E-state index in [0.29, 0.717) is 6.54 Å². The lowest BCUT2D eigenvalue weighted by atomic mass is 10.1. The van der Waals surface area contributed by atoms with Gasteiger partial charge in [-0.05, 0) is 24.1 Å². The minimum atomic E-state index is -0.444. The predicted molar refractivity (Wildman–Crippen MR) is 113 cm³/mol. The average Bonchev–Trinajstić information content (AvgIpc) is 2.74. The summed E-state index contributed by atoms with van der Waals surface area (Å²) in [4.78, 5) is 9.38. The Hall–Kier alpha value is -2.63. The van der Waals surface area contributed by atoms with Gasteiger partial charge in [-0.25, -0.2) is 0 Å². The van der Waals surface area contributed by atoms with Gasteiger partial charge in [0, 0.05) is 44.3 Å². The van der Waals surface area contributed by atoms with Crippen LogP contribution in [0.4, 0.5) is 5.69 Å². The van der Waals surface area contributed by atoms with Gasteiger partial charge < -0.3 is 14.7 Å². The molecule has 3 aromatic rings. The molecule has 2 aromatic carbocycles. The maximum atomic E-state index is 10.5. The van der Waals surface area contributed by atoms with Gasteiger partial charge in [0.15, 0.2) is 0 Å². The third-order valence-electron chi connectivity index (χ3n) is 5.54. The van der Waals surface area contributed by atoms with Gasteiger partial charge in [-0.3, -0.25) is 9.88 Å². The number of anilines is 1. The quantitative estimate of drug-likeness (QED) is 0.738. The lowest BCUT2D eigenvalue weighted by molar-refractivity contribution is 0.109. The molecule has 0 amide bonds. The van der Waals surface area contributed by atoms with E-state index in [1.54, 1.807) is 7.11 Å². The second-order valence-electron chi connectivity index (χ2n) is 7.36. The van der Waals surface area contributed by atoms with E-state index in [0.717, 1.165) is 48.4 Å². The first-order valence-corrected chi connectivity index (χ1v) is 9.80. The van der Waals surface area contributed by atoms with Crippen molar-refractivity contribution in [3.63, 3.8) is 0 Å². The average molecular weight is 377 g/mol. The summed E-state index contributed by atoms with van der Waals surface area (Å²) in [5.41, 5.74) is 4.31. The summed E-state index contributed by atoms with van der Waals surface area (Å²) in [5.74, 6) is 0.809. The number of ether oxygens (including phenoxy) is 1. The van der Waals surface area contributed by atoms with Gasteiger partial charge in [-0.15, -0.1) is 0 Å². The number of hydrogen-bond acceptors (Lipinski definition) is 5. The zero-order chi connectivity index (χ0) is 19.5. The van der Waals surface area contributed by atoms with E-state index in [2.05, 4.69) is 27.8 Å². The lowest BCUT2D eigenvalue weighted by Gasteiger charge is -2.38. The third kappa shape index (κ3) is 3.68. The fraction of sp³-hybridized carbons (Fsp3) is 0.348. The number of nitrogens with zero attached hydrogens (tertiary/aromatic N) is 3. The molecule has 1 atom stereocenters. The van der Waals surface area contributed by atoms with E-state index in [4.69, 9.17) is 4.74 Å². The summed E-state index contributed by atoms with van der Waals surface area (Å²) in [6, 6.07) is 16.0. The van der Waals surface area contributed by atoms with Crippen molar-refractivity contribution in [1.29, 1.82) is 0 Å². The first-order chi connectivity index (χ1) is 13.7. The van der Waals surface area contributed by atoms with Gasteiger partial charge in [-0.1, -0.05) is 42.5 Å². The zero-order valence-corrected chi connectivity index (χ0v) is 16.5. The Kier molecular flexibility index (Phi) is 5.46. The van der Waals surface area contributed by atoms with Gasteiger partial charge in [0.1, 0.15) is 11.3 Å². The van der Waals surface area contributed by atoms with Gasteiger partial charge in [0.2, 0.25) is 0 Å². The van der Waals surface area contributed by atoms with Crippen molar-refractivity contribution in [1.82, 2.24) is 9.88 Å². The number of piperazine rings is 1. The SMILES string of the molecule is COc1cccc2c(N3CCN(CC(O)c4ccccc4)CC3)c(C)cnc12. The van der Waals surface area contributed by atoms with Gasteiger partial charge >= 0.3 is 0 Å². The van der Waals surface area contributed by atoms with E-state index in [1.807, 2.05) is 48.7 Å². The molecule has 0 aliphatic carbocycles. The van der Waals surface area contributed by atoms with E-state index in [1.165, 1.54) is 11.3 Å². The Morgan fingerprint density at radius 1 is 1.04 bits per heavy atom. The standard InChI is InChI=1S/C23H27N3O2/c1-17-15-24-22-19(9-6-10-21(22)28-2)23(17)26-13-11-25(12-14-26)16-20(27)18-7-4-3-5-8-18/h3-10,15,20,27H,11-14,16H2,1-2H3. The molecule has 146 valence electrons. The number of aliphatic hydroxyl groups excluding tert-OH is 1. The van der Waals surface area contributed by atoms with Crippen molar-refractivity contribution in [2.45, 2.75) is 13.0 Å². The number of hydrogen-bond donors (Lipinski definition) is 1. The van der Waals surface area contributed by atoms with Crippen molar-refractivity contribution >= 4 is 16.6 Å². The van der Waals surface area contributed by atoms with Crippen molar-refractivity contribution in [3.8, 4) is 5.75 Å². The van der Waals surface area contributed by atoms with Crippen LogP contribution in [0.1, 0.15) is 17.2 Å². The summed E-state index contributed by atoms with van der Waals surface area (Å²) in [7, 11) is 1.69. The molecule has 0 spiro atoms. The molecule has 4 rings (SSSR count). The van der Waals surface area contributed by atoms with Gasteiger partial charge in [0.05, 0.1) is 18.9 Å². The van der Waals surface area contributed by atoms with Crippen LogP contribution in [0.25, 0.3) is 10.9 Å². The van der Waals surface area contributed by atoms with Crippen molar-refractivity contribution in [2.24, 2.45) is 0 Å². The zero-order valence-electron chi connectivity index (χ0n) is 16.5. The molecule has 0 radical (unpaired) electrons. The number of methoxy groups -OCH3 is 1. The molecule has 1 aliphatic heterocycles. The number of para-hydroxylation sites is 1. The number of aromatic nitrogens is 1. The van der Waals surface area contributed by atoms with Crippen molar-refractivity contribution in [3.05, 3.63) is 65.9 Å². The molecule has 0 bridgehead atoms. The van der Waals surface area contributed by atoms with E-state index < -0.39 is 6.10 Å². The summed E-state index contributed by atoms with van der Waals surface area (Å²) >= 11 is 0. The van der Waals surface area contributed by atoms with Crippen LogP contribution in [-0.2, 0) is 0 Å². The van der Waals surface area contributed by atoms with E-state index in [-0.39, 0.29) is 0 Å². The maximum Gasteiger partial charge on any atom is 0.145 e. The van der Waals surface area contributed by atoms with Crippen LogP contribution in [0.2, 0.25) is 0 Å². The second-order valence-corrected chi connectivity index (χ2v) is 7.36. The van der Waals surface area contributed by atoms with Crippen LogP contribution in [0.15, 0.2) is 54.7 Å². The van der Waals surface area contributed by atoms with E-state index >= 15 is 0 Å². The Balaban J connectivity index is 1.49. The molecule has 5 nitrogen and oxygen atoms in total. The highest BCUT2D eigenvalue weighted by molar-refractivity contribution is 5.96. The fourth-order valence-corrected chi connectivity index (χ4v) is 4.05. The highest BCUT2D eigenvalue weighted by Crippen LogP contribution is 2.34. The maximum absolute atomic E-state index is 10.5. The fourth-order valence-electron chi connectivity index (χ4n) is 4.05. The number of rotatable bonds is 5. The largest absolute Gasteiger partial charge is 0.494 e.